The first-order chi connectivity index (χ1) is 9.88. The van der Waals surface area contributed by atoms with Crippen molar-refractivity contribution in [3.8, 4) is 0 Å². The molecule has 3 N–H and O–H groups in total. The summed E-state index contributed by atoms with van der Waals surface area (Å²) in [4.78, 5) is 27.9. The van der Waals surface area contributed by atoms with Gasteiger partial charge in [0.25, 0.3) is 0 Å². The Morgan fingerprint density at radius 3 is 2.00 bits per heavy atom. The number of carbonyl (C=O) groups is 2. The van der Waals surface area contributed by atoms with E-state index in [2.05, 4.69) is 5.32 Å². The lowest BCUT2D eigenvalue weighted by Crippen LogP contribution is -2.59. The maximum absolute atomic E-state index is 12.2. The Bertz CT molecular complexity index is 383. The van der Waals surface area contributed by atoms with E-state index in [0.29, 0.717) is 32.2 Å². The Kier molecular flexibility index (Phi) is 6.94. The minimum Gasteiger partial charge on any atom is -0.338 e. The summed E-state index contributed by atoms with van der Waals surface area (Å²) < 4.78 is 0. The zero-order valence-corrected chi connectivity index (χ0v) is 14.5. The Balaban J connectivity index is 0.00000242. The first-order valence-electron chi connectivity index (χ1n) is 8.01. The average Bonchev–Trinajstić information content (AvgIpc) is 2.46. The SMILES string of the molecule is CC(C)(N)C(=O)N1CCN(C(=O)NC2CCCCC2)CC1.Cl. The highest BCUT2D eigenvalue weighted by Gasteiger charge is 2.31. The summed E-state index contributed by atoms with van der Waals surface area (Å²) in [5, 5.41) is 3.12. The van der Waals surface area contributed by atoms with Gasteiger partial charge in [-0.15, -0.1) is 12.4 Å². The Morgan fingerprint density at radius 2 is 1.50 bits per heavy atom. The molecule has 1 aliphatic heterocycles. The van der Waals surface area contributed by atoms with E-state index in [-0.39, 0.29) is 24.3 Å². The zero-order chi connectivity index (χ0) is 15.5. The molecule has 22 heavy (non-hydrogen) atoms. The predicted molar refractivity (Wildman–Crippen MR) is 89.1 cm³/mol. The van der Waals surface area contributed by atoms with Crippen LogP contribution in [0.3, 0.4) is 0 Å². The van der Waals surface area contributed by atoms with E-state index in [9.17, 15) is 9.59 Å². The zero-order valence-electron chi connectivity index (χ0n) is 13.6. The van der Waals surface area contributed by atoms with Crippen molar-refractivity contribution >= 4 is 24.3 Å². The van der Waals surface area contributed by atoms with Crippen molar-refractivity contribution < 1.29 is 9.59 Å². The van der Waals surface area contributed by atoms with Gasteiger partial charge >= 0.3 is 6.03 Å². The molecule has 1 saturated carbocycles. The fourth-order valence-corrected chi connectivity index (χ4v) is 3.03. The molecule has 0 unspecified atom stereocenters. The molecule has 7 heteroatoms. The molecule has 0 radical (unpaired) electrons. The Hall–Kier alpha value is -1.01. The second-order valence-electron chi connectivity index (χ2n) is 6.79. The van der Waals surface area contributed by atoms with Crippen molar-refractivity contribution in [2.24, 2.45) is 5.73 Å². The van der Waals surface area contributed by atoms with Crippen LogP contribution in [0.5, 0.6) is 0 Å². The van der Waals surface area contributed by atoms with Crippen LogP contribution in [-0.2, 0) is 4.79 Å². The van der Waals surface area contributed by atoms with Gasteiger partial charge in [0.2, 0.25) is 5.91 Å². The van der Waals surface area contributed by atoms with Gasteiger partial charge in [-0.2, -0.15) is 0 Å². The number of nitrogens with two attached hydrogens (primary N) is 1. The first kappa shape index (κ1) is 19.0. The summed E-state index contributed by atoms with van der Waals surface area (Å²) in [6.07, 6.45) is 5.87. The summed E-state index contributed by atoms with van der Waals surface area (Å²) >= 11 is 0. The molecule has 2 rings (SSSR count). The molecule has 3 amide bonds. The highest BCUT2D eigenvalue weighted by atomic mass is 35.5. The summed E-state index contributed by atoms with van der Waals surface area (Å²) in [6.45, 7) is 5.74. The molecule has 0 atom stereocenters. The van der Waals surface area contributed by atoms with Crippen LogP contribution >= 0.6 is 12.4 Å². The third-order valence-corrected chi connectivity index (χ3v) is 4.34. The standard InChI is InChI=1S/C15H28N4O2.ClH/c1-15(2,16)13(20)18-8-10-19(11-9-18)14(21)17-12-6-4-3-5-7-12;/h12H,3-11,16H2,1-2H3,(H,17,21);1H. The van der Waals surface area contributed by atoms with Crippen LogP contribution in [-0.4, -0.2) is 59.5 Å². The average molecular weight is 333 g/mol. The second-order valence-corrected chi connectivity index (χ2v) is 6.79. The molecule has 2 aliphatic rings. The van der Waals surface area contributed by atoms with E-state index in [1.807, 2.05) is 4.90 Å². The number of piperazine rings is 1. The van der Waals surface area contributed by atoms with Crippen LogP contribution in [0.2, 0.25) is 0 Å². The lowest BCUT2D eigenvalue weighted by molar-refractivity contribution is -0.137. The molecule has 1 aliphatic carbocycles. The quantitative estimate of drug-likeness (QED) is 0.800. The smallest absolute Gasteiger partial charge is 0.317 e. The summed E-state index contributed by atoms with van der Waals surface area (Å²) in [7, 11) is 0. The van der Waals surface area contributed by atoms with Gasteiger partial charge in [-0.25, -0.2) is 4.79 Å². The molecule has 2 fully saturated rings. The van der Waals surface area contributed by atoms with Crippen molar-refractivity contribution in [1.29, 1.82) is 0 Å². The van der Waals surface area contributed by atoms with Gasteiger partial charge in [-0.1, -0.05) is 19.3 Å². The van der Waals surface area contributed by atoms with Gasteiger partial charge < -0.3 is 20.9 Å². The first-order valence-corrected chi connectivity index (χ1v) is 8.01. The normalized spacial score (nSPS) is 20.3. The number of carbonyl (C=O) groups excluding carboxylic acids is 2. The summed E-state index contributed by atoms with van der Waals surface area (Å²) in [6, 6.07) is 0.342. The van der Waals surface area contributed by atoms with Crippen LogP contribution in [0.25, 0.3) is 0 Å². The van der Waals surface area contributed by atoms with Crippen LogP contribution in [0.4, 0.5) is 4.79 Å². The van der Waals surface area contributed by atoms with E-state index in [1.165, 1.54) is 19.3 Å². The number of nitrogens with zero attached hydrogens (tertiary/aromatic N) is 2. The molecular weight excluding hydrogens is 304 g/mol. The number of halogens is 1. The third kappa shape index (κ3) is 5.02. The number of nitrogens with one attached hydrogen (secondary N) is 1. The number of rotatable bonds is 2. The maximum atomic E-state index is 12.2. The Morgan fingerprint density at radius 1 is 1.00 bits per heavy atom. The van der Waals surface area contributed by atoms with E-state index < -0.39 is 5.54 Å². The molecule has 128 valence electrons. The lowest BCUT2D eigenvalue weighted by atomic mass is 9.96. The van der Waals surface area contributed by atoms with E-state index in [4.69, 9.17) is 5.73 Å². The van der Waals surface area contributed by atoms with Gasteiger partial charge in [0.15, 0.2) is 0 Å². The van der Waals surface area contributed by atoms with Crippen LogP contribution in [0, 0.1) is 0 Å². The van der Waals surface area contributed by atoms with E-state index in [1.54, 1.807) is 18.7 Å². The molecule has 0 aromatic heterocycles. The minimum absolute atomic E-state index is 0. The number of hydrogen-bond donors (Lipinski definition) is 2. The van der Waals surface area contributed by atoms with E-state index in [0.717, 1.165) is 12.8 Å². The monoisotopic (exact) mass is 332 g/mol. The predicted octanol–water partition coefficient (Wildman–Crippen LogP) is 1.33. The second kappa shape index (κ2) is 8.02. The topological polar surface area (TPSA) is 78.7 Å². The van der Waals surface area contributed by atoms with Crippen molar-refractivity contribution in [2.75, 3.05) is 26.2 Å². The van der Waals surface area contributed by atoms with Crippen LogP contribution in [0.1, 0.15) is 46.0 Å². The largest absolute Gasteiger partial charge is 0.338 e. The fourth-order valence-electron chi connectivity index (χ4n) is 3.03. The molecule has 0 spiro atoms. The van der Waals surface area contributed by atoms with Gasteiger partial charge in [0.1, 0.15) is 0 Å². The van der Waals surface area contributed by atoms with Crippen molar-refractivity contribution in [1.82, 2.24) is 15.1 Å². The summed E-state index contributed by atoms with van der Waals surface area (Å²) in [5.74, 6) is -0.0464. The molecule has 6 nitrogen and oxygen atoms in total. The highest BCUT2D eigenvalue weighted by Crippen LogP contribution is 2.18. The van der Waals surface area contributed by atoms with Gasteiger partial charge in [0, 0.05) is 32.2 Å². The fraction of sp³-hybridized carbons (Fsp3) is 0.867. The minimum atomic E-state index is -0.841. The molecule has 1 heterocycles. The molecule has 0 aromatic rings. The molecule has 1 saturated heterocycles. The third-order valence-electron chi connectivity index (χ3n) is 4.34. The van der Waals surface area contributed by atoms with Crippen molar-refractivity contribution in [3.05, 3.63) is 0 Å². The van der Waals surface area contributed by atoms with Gasteiger partial charge in [0.05, 0.1) is 5.54 Å². The number of urea groups is 1. The van der Waals surface area contributed by atoms with Crippen molar-refractivity contribution in [2.45, 2.75) is 57.5 Å². The number of hydrogen-bond acceptors (Lipinski definition) is 3. The van der Waals surface area contributed by atoms with Crippen molar-refractivity contribution in [3.63, 3.8) is 0 Å². The summed E-state index contributed by atoms with van der Waals surface area (Å²) in [5.41, 5.74) is 5.00. The Labute approximate surface area is 139 Å². The lowest BCUT2D eigenvalue weighted by Gasteiger charge is -2.38. The van der Waals surface area contributed by atoms with Crippen LogP contribution < -0.4 is 11.1 Å². The van der Waals surface area contributed by atoms with Crippen LogP contribution in [0.15, 0.2) is 0 Å². The highest BCUT2D eigenvalue weighted by molar-refractivity contribution is 5.86. The molecular formula is C15H29ClN4O2. The molecule has 0 bridgehead atoms. The van der Waals surface area contributed by atoms with Gasteiger partial charge in [-0.3, -0.25) is 4.79 Å². The van der Waals surface area contributed by atoms with E-state index >= 15 is 0 Å². The van der Waals surface area contributed by atoms with Gasteiger partial charge in [-0.05, 0) is 26.7 Å². The maximum Gasteiger partial charge on any atom is 0.317 e. The molecule has 0 aromatic carbocycles. The number of amides is 3.